The third kappa shape index (κ3) is 3.06. The first-order valence-corrected chi connectivity index (χ1v) is 8.66. The molecular weight excluding hydrogens is 244 g/mol. The van der Waals surface area contributed by atoms with Crippen LogP contribution in [0, 0.1) is 23.2 Å². The van der Waals surface area contributed by atoms with Crippen molar-refractivity contribution in [2.45, 2.75) is 78.8 Å². The molecule has 0 aromatic rings. The van der Waals surface area contributed by atoms with Crippen LogP contribution >= 0.6 is 0 Å². The summed E-state index contributed by atoms with van der Waals surface area (Å²) in [6.45, 7) is 16.6. The lowest BCUT2D eigenvalue weighted by Gasteiger charge is -2.58. The second kappa shape index (κ2) is 5.61. The fourth-order valence-electron chi connectivity index (χ4n) is 5.53. The van der Waals surface area contributed by atoms with Crippen LogP contribution in [-0.2, 0) is 0 Å². The summed E-state index contributed by atoms with van der Waals surface area (Å²) in [6.07, 6.45) is 5.28. The molecule has 118 valence electrons. The lowest BCUT2D eigenvalue weighted by molar-refractivity contribution is -0.0711. The van der Waals surface area contributed by atoms with E-state index in [1.807, 2.05) is 0 Å². The molecule has 20 heavy (non-hydrogen) atoms. The molecule has 1 heterocycles. The van der Waals surface area contributed by atoms with Gasteiger partial charge in [0.25, 0.3) is 0 Å². The van der Waals surface area contributed by atoms with Gasteiger partial charge in [0.1, 0.15) is 0 Å². The molecule has 1 aliphatic carbocycles. The van der Waals surface area contributed by atoms with Gasteiger partial charge >= 0.3 is 0 Å². The van der Waals surface area contributed by atoms with E-state index in [0.717, 1.165) is 24.3 Å². The summed E-state index contributed by atoms with van der Waals surface area (Å²) >= 11 is 0. The van der Waals surface area contributed by atoms with E-state index in [9.17, 15) is 0 Å². The first kappa shape index (κ1) is 16.3. The summed E-state index contributed by atoms with van der Waals surface area (Å²) in [5, 5.41) is 0. The Kier molecular flexibility index (Phi) is 4.57. The normalized spacial score (nSPS) is 46.4. The van der Waals surface area contributed by atoms with Crippen molar-refractivity contribution in [1.82, 2.24) is 4.90 Å². The first-order valence-electron chi connectivity index (χ1n) is 8.66. The van der Waals surface area contributed by atoms with Crippen LogP contribution in [0.15, 0.2) is 0 Å². The number of nitrogens with zero attached hydrogens (tertiary/aromatic N) is 1. The summed E-state index contributed by atoms with van der Waals surface area (Å²) < 4.78 is 0. The standard InChI is InChI=1S/C18H36N2/c1-13-7-15(3)16(4)20(10-13)18(12-19)9-14(2)8-17(5,6)11-18/h13-16H,7-12,19H2,1-6H3. The predicted octanol–water partition coefficient (Wildman–Crippen LogP) is 3.90. The highest BCUT2D eigenvalue weighted by Gasteiger charge is 2.48. The monoisotopic (exact) mass is 280 g/mol. The lowest BCUT2D eigenvalue weighted by Crippen LogP contribution is -2.64. The third-order valence-corrected chi connectivity index (χ3v) is 6.02. The Morgan fingerprint density at radius 1 is 1.05 bits per heavy atom. The van der Waals surface area contributed by atoms with Crippen molar-refractivity contribution in [3.05, 3.63) is 0 Å². The number of hydrogen-bond donors (Lipinski definition) is 1. The van der Waals surface area contributed by atoms with E-state index < -0.39 is 0 Å². The Hall–Kier alpha value is -0.0800. The maximum atomic E-state index is 6.36. The largest absolute Gasteiger partial charge is 0.329 e. The van der Waals surface area contributed by atoms with Crippen molar-refractivity contribution >= 4 is 0 Å². The van der Waals surface area contributed by atoms with Crippen LogP contribution < -0.4 is 5.73 Å². The minimum Gasteiger partial charge on any atom is -0.329 e. The summed E-state index contributed by atoms with van der Waals surface area (Å²) in [6, 6.07) is 0.677. The molecule has 2 aliphatic rings. The second-order valence-corrected chi connectivity index (χ2v) is 8.99. The molecule has 1 saturated heterocycles. The number of rotatable bonds is 2. The molecule has 5 atom stereocenters. The van der Waals surface area contributed by atoms with Gasteiger partial charge in [-0.25, -0.2) is 0 Å². The topological polar surface area (TPSA) is 29.3 Å². The van der Waals surface area contributed by atoms with E-state index in [1.165, 1.54) is 32.2 Å². The van der Waals surface area contributed by atoms with Crippen LogP contribution in [0.4, 0.5) is 0 Å². The van der Waals surface area contributed by atoms with Crippen molar-refractivity contribution in [3.63, 3.8) is 0 Å². The van der Waals surface area contributed by atoms with Gasteiger partial charge in [-0.3, -0.25) is 4.90 Å². The highest BCUT2D eigenvalue weighted by Crippen LogP contribution is 2.48. The number of hydrogen-bond acceptors (Lipinski definition) is 2. The Balaban J connectivity index is 2.29. The quantitative estimate of drug-likeness (QED) is 0.831. The zero-order valence-electron chi connectivity index (χ0n) is 14.6. The molecule has 0 aromatic heterocycles. The first-order chi connectivity index (χ1) is 9.19. The minimum atomic E-state index is 0.240. The number of likely N-dealkylation sites (tertiary alicyclic amines) is 1. The molecular formula is C18H36N2. The molecule has 2 fully saturated rings. The van der Waals surface area contributed by atoms with Crippen molar-refractivity contribution < 1.29 is 0 Å². The van der Waals surface area contributed by atoms with Gasteiger partial charge in [-0.2, -0.15) is 0 Å². The maximum absolute atomic E-state index is 6.36. The maximum Gasteiger partial charge on any atom is 0.0342 e. The van der Waals surface area contributed by atoms with E-state index in [0.29, 0.717) is 11.5 Å². The highest BCUT2D eigenvalue weighted by atomic mass is 15.2. The molecule has 0 amide bonds. The molecule has 2 rings (SSSR count). The van der Waals surface area contributed by atoms with Gasteiger partial charge in [-0.15, -0.1) is 0 Å². The highest BCUT2D eigenvalue weighted by molar-refractivity contribution is 5.04. The summed E-state index contributed by atoms with van der Waals surface area (Å²) in [5.41, 5.74) is 7.03. The van der Waals surface area contributed by atoms with E-state index >= 15 is 0 Å². The number of piperidine rings is 1. The van der Waals surface area contributed by atoms with Crippen LogP contribution in [0.1, 0.15) is 67.2 Å². The zero-order valence-corrected chi connectivity index (χ0v) is 14.6. The molecule has 0 spiro atoms. The van der Waals surface area contributed by atoms with E-state index in [2.05, 4.69) is 46.4 Å². The van der Waals surface area contributed by atoms with Gasteiger partial charge in [-0.05, 0) is 55.8 Å². The molecule has 0 radical (unpaired) electrons. The van der Waals surface area contributed by atoms with Gasteiger partial charge in [0.15, 0.2) is 0 Å². The molecule has 2 N–H and O–H groups in total. The molecule has 0 aromatic carbocycles. The SMILES string of the molecule is CC1CC(C)C(C)N(C2(CN)CC(C)CC(C)(C)C2)C1. The van der Waals surface area contributed by atoms with Crippen LogP contribution in [0.2, 0.25) is 0 Å². The molecule has 1 aliphatic heterocycles. The Morgan fingerprint density at radius 2 is 1.70 bits per heavy atom. The van der Waals surface area contributed by atoms with Gasteiger partial charge in [0.2, 0.25) is 0 Å². The molecule has 2 heteroatoms. The smallest absolute Gasteiger partial charge is 0.0342 e. The molecule has 2 nitrogen and oxygen atoms in total. The van der Waals surface area contributed by atoms with E-state index in [-0.39, 0.29) is 5.54 Å². The van der Waals surface area contributed by atoms with Crippen molar-refractivity contribution in [3.8, 4) is 0 Å². The lowest BCUT2D eigenvalue weighted by atomic mass is 9.62. The fraction of sp³-hybridized carbons (Fsp3) is 1.00. The van der Waals surface area contributed by atoms with Gasteiger partial charge in [-0.1, -0.05) is 34.6 Å². The Bertz CT molecular complexity index is 338. The van der Waals surface area contributed by atoms with E-state index in [4.69, 9.17) is 5.73 Å². The van der Waals surface area contributed by atoms with Gasteiger partial charge in [0.05, 0.1) is 0 Å². The molecule has 5 unspecified atom stereocenters. The van der Waals surface area contributed by atoms with E-state index in [1.54, 1.807) is 0 Å². The predicted molar refractivity (Wildman–Crippen MR) is 87.7 cm³/mol. The van der Waals surface area contributed by atoms with Gasteiger partial charge < -0.3 is 5.73 Å². The molecule has 0 bridgehead atoms. The minimum absolute atomic E-state index is 0.240. The van der Waals surface area contributed by atoms with Gasteiger partial charge in [0, 0.05) is 24.7 Å². The summed E-state index contributed by atoms with van der Waals surface area (Å²) in [7, 11) is 0. The average Bonchev–Trinajstić information content (AvgIpc) is 2.31. The van der Waals surface area contributed by atoms with Crippen LogP contribution in [0.3, 0.4) is 0 Å². The Morgan fingerprint density at radius 3 is 2.25 bits per heavy atom. The van der Waals surface area contributed by atoms with Crippen molar-refractivity contribution in [1.29, 1.82) is 0 Å². The van der Waals surface area contributed by atoms with Crippen LogP contribution in [-0.4, -0.2) is 29.6 Å². The number of nitrogens with two attached hydrogens (primary N) is 1. The van der Waals surface area contributed by atoms with Crippen molar-refractivity contribution in [2.24, 2.45) is 28.9 Å². The van der Waals surface area contributed by atoms with Crippen LogP contribution in [0.5, 0.6) is 0 Å². The second-order valence-electron chi connectivity index (χ2n) is 8.99. The molecule has 1 saturated carbocycles. The van der Waals surface area contributed by atoms with Crippen molar-refractivity contribution in [2.75, 3.05) is 13.1 Å². The zero-order chi connectivity index (χ0) is 15.1. The Labute approximate surface area is 126 Å². The average molecular weight is 280 g/mol. The van der Waals surface area contributed by atoms with Crippen LogP contribution in [0.25, 0.3) is 0 Å². The summed E-state index contributed by atoms with van der Waals surface area (Å²) in [5.74, 6) is 2.40. The third-order valence-electron chi connectivity index (χ3n) is 6.02. The fourth-order valence-corrected chi connectivity index (χ4v) is 5.53. The summed E-state index contributed by atoms with van der Waals surface area (Å²) in [4.78, 5) is 2.81.